The van der Waals surface area contributed by atoms with E-state index in [1.54, 1.807) is 23.2 Å². The Hall–Kier alpha value is -2.29. The molecule has 3 rings (SSSR count). The first-order valence-electron chi connectivity index (χ1n) is 9.20. The number of nitrogens with one attached hydrogen (secondary N) is 1. The molecule has 2 aromatic rings. The first-order valence-corrected chi connectivity index (χ1v) is 10.7. The number of carbonyl (C=O) groups is 2. The standard InChI is InChI=1S/C20H22ClN3O4S/c21-17-4-2-1-3-15(17)11-24-12-16(5-6-19(24)26)22-18(25)13-29-14-20(27)23-7-9-28-10-8-23/h1-6,12H,7-11,13-14H2,(H,22,25). The fourth-order valence-electron chi connectivity index (χ4n) is 2.87. The first kappa shape index (κ1) is 21.4. The minimum Gasteiger partial charge on any atom is -0.378 e. The molecule has 0 spiro atoms. The molecular weight excluding hydrogens is 414 g/mol. The van der Waals surface area contributed by atoms with E-state index in [1.807, 2.05) is 18.2 Å². The fraction of sp³-hybridized carbons (Fsp3) is 0.350. The molecule has 29 heavy (non-hydrogen) atoms. The van der Waals surface area contributed by atoms with Gasteiger partial charge in [0.25, 0.3) is 5.56 Å². The van der Waals surface area contributed by atoms with Crippen LogP contribution in [0.2, 0.25) is 5.02 Å². The van der Waals surface area contributed by atoms with Crippen LogP contribution in [0.15, 0.2) is 47.4 Å². The van der Waals surface area contributed by atoms with Crippen molar-refractivity contribution >= 4 is 40.9 Å². The molecule has 0 atom stereocenters. The van der Waals surface area contributed by atoms with Gasteiger partial charge in [-0.15, -0.1) is 11.8 Å². The van der Waals surface area contributed by atoms with Crippen LogP contribution in [0.25, 0.3) is 0 Å². The van der Waals surface area contributed by atoms with Crippen LogP contribution in [0.1, 0.15) is 5.56 Å². The SMILES string of the molecule is O=C(CSCC(=O)N1CCOCC1)Nc1ccc(=O)n(Cc2ccccc2Cl)c1. The summed E-state index contributed by atoms with van der Waals surface area (Å²) in [5, 5.41) is 3.34. The first-order chi connectivity index (χ1) is 14.0. The summed E-state index contributed by atoms with van der Waals surface area (Å²) in [6.07, 6.45) is 1.59. The second-order valence-corrected chi connectivity index (χ2v) is 7.90. The number of anilines is 1. The highest BCUT2D eigenvalue weighted by atomic mass is 35.5. The molecule has 1 aliphatic rings. The number of pyridine rings is 1. The van der Waals surface area contributed by atoms with Gasteiger partial charge in [-0.05, 0) is 17.7 Å². The normalized spacial score (nSPS) is 13.9. The number of amides is 2. The third-order valence-electron chi connectivity index (χ3n) is 4.39. The highest BCUT2D eigenvalue weighted by molar-refractivity contribution is 8.00. The number of morpholine rings is 1. The molecule has 1 fully saturated rings. The van der Waals surface area contributed by atoms with Gasteiger partial charge in [-0.25, -0.2) is 0 Å². The maximum absolute atomic E-state index is 12.2. The summed E-state index contributed by atoms with van der Waals surface area (Å²) in [5.74, 6) is 0.186. The van der Waals surface area contributed by atoms with E-state index in [0.29, 0.717) is 43.6 Å². The zero-order valence-corrected chi connectivity index (χ0v) is 17.4. The topological polar surface area (TPSA) is 80.6 Å². The number of hydrogen-bond donors (Lipinski definition) is 1. The van der Waals surface area contributed by atoms with Gasteiger partial charge in [0, 0.05) is 30.4 Å². The zero-order chi connectivity index (χ0) is 20.6. The quantitative estimate of drug-likeness (QED) is 0.720. The summed E-state index contributed by atoms with van der Waals surface area (Å²) in [5.41, 5.74) is 1.15. The van der Waals surface area contributed by atoms with E-state index < -0.39 is 0 Å². The van der Waals surface area contributed by atoms with Crippen molar-refractivity contribution in [1.82, 2.24) is 9.47 Å². The lowest BCUT2D eigenvalue weighted by Crippen LogP contribution is -2.41. The number of thioether (sulfide) groups is 1. The Morgan fingerprint density at radius 2 is 1.86 bits per heavy atom. The van der Waals surface area contributed by atoms with E-state index in [0.717, 1.165) is 5.56 Å². The largest absolute Gasteiger partial charge is 0.378 e. The average molecular weight is 436 g/mol. The minimum absolute atomic E-state index is 0.0133. The molecular formula is C20H22ClN3O4S. The summed E-state index contributed by atoms with van der Waals surface area (Å²) in [6, 6.07) is 10.3. The molecule has 0 unspecified atom stereocenters. The molecule has 1 saturated heterocycles. The van der Waals surface area contributed by atoms with Crippen LogP contribution >= 0.6 is 23.4 Å². The molecule has 1 aromatic carbocycles. The third kappa shape index (κ3) is 6.35. The number of rotatable bonds is 7. The molecule has 1 aromatic heterocycles. The average Bonchev–Trinajstić information content (AvgIpc) is 2.72. The Morgan fingerprint density at radius 1 is 1.10 bits per heavy atom. The molecule has 0 aliphatic carbocycles. The van der Waals surface area contributed by atoms with E-state index in [4.69, 9.17) is 16.3 Å². The van der Waals surface area contributed by atoms with Crippen molar-refractivity contribution in [3.05, 3.63) is 63.5 Å². The molecule has 9 heteroatoms. The number of aromatic nitrogens is 1. The van der Waals surface area contributed by atoms with Crippen molar-refractivity contribution in [2.24, 2.45) is 0 Å². The monoisotopic (exact) mass is 435 g/mol. The molecule has 1 N–H and O–H groups in total. The third-order valence-corrected chi connectivity index (χ3v) is 5.67. The Morgan fingerprint density at radius 3 is 2.62 bits per heavy atom. The van der Waals surface area contributed by atoms with Crippen molar-refractivity contribution in [2.75, 3.05) is 43.1 Å². The van der Waals surface area contributed by atoms with Crippen LogP contribution in [0.4, 0.5) is 5.69 Å². The number of nitrogens with zero attached hydrogens (tertiary/aromatic N) is 2. The molecule has 0 bridgehead atoms. The molecule has 0 radical (unpaired) electrons. The minimum atomic E-state index is -0.229. The van der Waals surface area contributed by atoms with Crippen LogP contribution in [-0.2, 0) is 20.9 Å². The van der Waals surface area contributed by atoms with Gasteiger partial charge in [0.1, 0.15) is 0 Å². The Labute approximate surface area is 178 Å². The van der Waals surface area contributed by atoms with Gasteiger partial charge in [-0.1, -0.05) is 29.8 Å². The van der Waals surface area contributed by atoms with Gasteiger partial charge in [-0.2, -0.15) is 0 Å². The smallest absolute Gasteiger partial charge is 0.250 e. The maximum Gasteiger partial charge on any atom is 0.250 e. The highest BCUT2D eigenvalue weighted by Gasteiger charge is 2.17. The number of carbonyl (C=O) groups excluding carboxylic acids is 2. The molecule has 1 aliphatic heterocycles. The molecule has 0 saturated carbocycles. The van der Waals surface area contributed by atoms with Gasteiger partial charge in [0.2, 0.25) is 11.8 Å². The van der Waals surface area contributed by atoms with E-state index in [2.05, 4.69) is 5.32 Å². The van der Waals surface area contributed by atoms with Crippen LogP contribution in [0, 0.1) is 0 Å². The van der Waals surface area contributed by atoms with E-state index >= 15 is 0 Å². The van der Waals surface area contributed by atoms with Gasteiger partial charge >= 0.3 is 0 Å². The number of benzene rings is 1. The number of ether oxygens (including phenoxy) is 1. The second kappa shape index (κ2) is 10.5. The Kier molecular flexibility index (Phi) is 7.74. The Bertz CT molecular complexity index is 928. The maximum atomic E-state index is 12.2. The van der Waals surface area contributed by atoms with E-state index in [9.17, 15) is 14.4 Å². The second-order valence-electron chi connectivity index (χ2n) is 6.51. The number of halogens is 1. The lowest BCUT2D eigenvalue weighted by Gasteiger charge is -2.26. The van der Waals surface area contributed by atoms with Crippen LogP contribution in [-0.4, -0.2) is 59.1 Å². The van der Waals surface area contributed by atoms with Crippen molar-refractivity contribution in [2.45, 2.75) is 6.54 Å². The van der Waals surface area contributed by atoms with Crippen molar-refractivity contribution in [3.8, 4) is 0 Å². The highest BCUT2D eigenvalue weighted by Crippen LogP contribution is 2.16. The summed E-state index contributed by atoms with van der Waals surface area (Å²) < 4.78 is 6.72. The molecule has 154 valence electrons. The predicted molar refractivity (Wildman–Crippen MR) is 115 cm³/mol. The molecule has 2 amide bonds. The van der Waals surface area contributed by atoms with E-state index in [-0.39, 0.29) is 28.9 Å². The summed E-state index contributed by atoms with van der Waals surface area (Å²) in [6.45, 7) is 2.61. The van der Waals surface area contributed by atoms with Gasteiger partial charge < -0.3 is 19.5 Å². The molecule has 7 nitrogen and oxygen atoms in total. The van der Waals surface area contributed by atoms with Crippen molar-refractivity contribution in [3.63, 3.8) is 0 Å². The fourth-order valence-corrected chi connectivity index (χ4v) is 3.78. The molecule has 2 heterocycles. The van der Waals surface area contributed by atoms with Gasteiger partial charge in [-0.3, -0.25) is 14.4 Å². The summed E-state index contributed by atoms with van der Waals surface area (Å²) in [7, 11) is 0. The van der Waals surface area contributed by atoms with E-state index in [1.165, 1.54) is 22.4 Å². The lowest BCUT2D eigenvalue weighted by molar-refractivity contribution is -0.132. The number of hydrogen-bond acceptors (Lipinski definition) is 5. The van der Waals surface area contributed by atoms with Gasteiger partial charge in [0.15, 0.2) is 0 Å². The van der Waals surface area contributed by atoms with Crippen LogP contribution in [0.3, 0.4) is 0 Å². The Balaban J connectivity index is 1.52. The van der Waals surface area contributed by atoms with Crippen molar-refractivity contribution in [1.29, 1.82) is 0 Å². The van der Waals surface area contributed by atoms with Crippen molar-refractivity contribution < 1.29 is 14.3 Å². The summed E-state index contributed by atoms with van der Waals surface area (Å²) in [4.78, 5) is 38.2. The summed E-state index contributed by atoms with van der Waals surface area (Å²) >= 11 is 7.43. The lowest BCUT2D eigenvalue weighted by atomic mass is 10.2. The predicted octanol–water partition coefficient (Wildman–Crippen LogP) is 2.08. The van der Waals surface area contributed by atoms with Gasteiger partial charge in [0.05, 0.1) is 37.0 Å². The zero-order valence-electron chi connectivity index (χ0n) is 15.8. The van der Waals surface area contributed by atoms with Crippen LogP contribution < -0.4 is 10.9 Å². The van der Waals surface area contributed by atoms with Crippen LogP contribution in [0.5, 0.6) is 0 Å².